The maximum Gasteiger partial charge on any atom is 0.0645 e. The molecule has 0 spiro atoms. The second-order valence-corrected chi connectivity index (χ2v) is 7.30. The van der Waals surface area contributed by atoms with Gasteiger partial charge in [-0.25, -0.2) is 0 Å². The SMILES string of the molecule is CC(C)c1ccc(CN2CCOCC2(C)C)c2ccccc12. The summed E-state index contributed by atoms with van der Waals surface area (Å²) in [6, 6.07) is 13.5. The number of rotatable bonds is 3. The fourth-order valence-electron chi connectivity index (χ4n) is 3.42. The lowest BCUT2D eigenvalue weighted by atomic mass is 9.92. The van der Waals surface area contributed by atoms with E-state index < -0.39 is 0 Å². The van der Waals surface area contributed by atoms with Crippen LogP contribution in [0.25, 0.3) is 10.8 Å². The average Bonchev–Trinajstić information content (AvgIpc) is 2.49. The van der Waals surface area contributed by atoms with Crippen molar-refractivity contribution in [3.05, 3.63) is 47.5 Å². The van der Waals surface area contributed by atoms with Crippen molar-refractivity contribution < 1.29 is 4.74 Å². The number of hydrogen-bond donors (Lipinski definition) is 0. The smallest absolute Gasteiger partial charge is 0.0645 e. The van der Waals surface area contributed by atoms with Crippen LogP contribution in [0, 0.1) is 0 Å². The molecule has 0 saturated carbocycles. The Morgan fingerprint density at radius 2 is 1.82 bits per heavy atom. The van der Waals surface area contributed by atoms with Crippen molar-refractivity contribution in [2.24, 2.45) is 0 Å². The van der Waals surface area contributed by atoms with Crippen LogP contribution >= 0.6 is 0 Å². The number of fused-ring (bicyclic) bond motifs is 1. The molecule has 0 amide bonds. The highest BCUT2D eigenvalue weighted by Crippen LogP contribution is 2.30. The number of benzene rings is 2. The van der Waals surface area contributed by atoms with Crippen molar-refractivity contribution >= 4 is 10.8 Å². The van der Waals surface area contributed by atoms with E-state index in [2.05, 4.69) is 69.0 Å². The van der Waals surface area contributed by atoms with Crippen molar-refractivity contribution in [1.29, 1.82) is 0 Å². The Morgan fingerprint density at radius 1 is 1.09 bits per heavy atom. The lowest BCUT2D eigenvalue weighted by molar-refractivity contribution is -0.0551. The molecule has 1 aliphatic rings. The van der Waals surface area contributed by atoms with E-state index in [-0.39, 0.29) is 5.54 Å². The fourth-order valence-corrected chi connectivity index (χ4v) is 3.42. The Kier molecular flexibility index (Phi) is 4.24. The van der Waals surface area contributed by atoms with E-state index >= 15 is 0 Å². The Hall–Kier alpha value is -1.38. The normalized spacial score (nSPS) is 19.0. The predicted octanol–water partition coefficient (Wildman–Crippen LogP) is 4.57. The quantitative estimate of drug-likeness (QED) is 0.822. The zero-order valence-electron chi connectivity index (χ0n) is 14.2. The molecule has 0 aliphatic carbocycles. The van der Waals surface area contributed by atoms with Gasteiger partial charge in [-0.1, -0.05) is 50.2 Å². The standard InChI is InChI=1S/C20H27NO/c1-15(2)17-10-9-16(18-7-5-6-8-19(17)18)13-21-11-12-22-14-20(21,3)4/h5-10,15H,11-14H2,1-4H3. The molecule has 22 heavy (non-hydrogen) atoms. The number of nitrogens with zero attached hydrogens (tertiary/aromatic N) is 1. The van der Waals surface area contributed by atoms with Crippen LogP contribution in [-0.2, 0) is 11.3 Å². The molecule has 2 aromatic rings. The summed E-state index contributed by atoms with van der Waals surface area (Å²) in [6.45, 7) is 12.7. The highest BCUT2D eigenvalue weighted by Gasteiger charge is 2.30. The number of morpholine rings is 1. The van der Waals surface area contributed by atoms with Gasteiger partial charge in [0.15, 0.2) is 0 Å². The molecule has 1 saturated heterocycles. The minimum absolute atomic E-state index is 0.107. The average molecular weight is 297 g/mol. The lowest BCUT2D eigenvalue weighted by Crippen LogP contribution is -2.52. The van der Waals surface area contributed by atoms with Crippen molar-refractivity contribution in [2.45, 2.75) is 45.7 Å². The van der Waals surface area contributed by atoms with Gasteiger partial charge in [0, 0.05) is 18.6 Å². The summed E-state index contributed by atoms with van der Waals surface area (Å²) < 4.78 is 5.65. The first kappa shape index (κ1) is 15.5. The molecule has 0 unspecified atom stereocenters. The second kappa shape index (κ2) is 6.02. The molecule has 0 atom stereocenters. The molecule has 0 aromatic heterocycles. The summed E-state index contributed by atoms with van der Waals surface area (Å²) in [4.78, 5) is 2.55. The summed E-state index contributed by atoms with van der Waals surface area (Å²) >= 11 is 0. The van der Waals surface area contributed by atoms with Gasteiger partial charge in [-0.15, -0.1) is 0 Å². The molecule has 0 radical (unpaired) electrons. The van der Waals surface area contributed by atoms with E-state index in [1.165, 1.54) is 21.9 Å². The molecule has 0 bridgehead atoms. The fraction of sp³-hybridized carbons (Fsp3) is 0.500. The minimum Gasteiger partial charge on any atom is -0.378 e. The van der Waals surface area contributed by atoms with Crippen molar-refractivity contribution in [2.75, 3.05) is 19.8 Å². The molecule has 1 heterocycles. The van der Waals surface area contributed by atoms with Gasteiger partial charge >= 0.3 is 0 Å². The van der Waals surface area contributed by atoms with Gasteiger partial charge in [0.25, 0.3) is 0 Å². The molecular weight excluding hydrogens is 270 g/mol. The molecule has 3 rings (SSSR count). The Bertz CT molecular complexity index is 660. The molecule has 2 nitrogen and oxygen atoms in total. The van der Waals surface area contributed by atoms with Crippen LogP contribution in [-0.4, -0.2) is 30.2 Å². The lowest BCUT2D eigenvalue weighted by Gasteiger charge is -2.42. The van der Waals surface area contributed by atoms with Crippen LogP contribution in [0.1, 0.15) is 44.7 Å². The van der Waals surface area contributed by atoms with Gasteiger partial charge in [-0.3, -0.25) is 4.90 Å². The van der Waals surface area contributed by atoms with Crippen LogP contribution in [0.15, 0.2) is 36.4 Å². The summed E-state index contributed by atoms with van der Waals surface area (Å²) in [5.74, 6) is 0.554. The monoisotopic (exact) mass is 297 g/mol. The number of hydrogen-bond acceptors (Lipinski definition) is 2. The summed E-state index contributed by atoms with van der Waals surface area (Å²) in [5, 5.41) is 2.80. The molecular formula is C20H27NO. The second-order valence-electron chi connectivity index (χ2n) is 7.30. The van der Waals surface area contributed by atoms with Gasteiger partial charge in [-0.2, -0.15) is 0 Å². The van der Waals surface area contributed by atoms with Crippen LogP contribution in [0.2, 0.25) is 0 Å². The maximum absolute atomic E-state index is 5.65. The van der Waals surface area contributed by atoms with Crippen LogP contribution in [0.3, 0.4) is 0 Å². The van der Waals surface area contributed by atoms with Gasteiger partial charge < -0.3 is 4.74 Å². The largest absolute Gasteiger partial charge is 0.378 e. The van der Waals surface area contributed by atoms with Crippen molar-refractivity contribution in [3.8, 4) is 0 Å². The van der Waals surface area contributed by atoms with Crippen LogP contribution in [0.4, 0.5) is 0 Å². The maximum atomic E-state index is 5.65. The summed E-state index contributed by atoms with van der Waals surface area (Å²) in [5.41, 5.74) is 2.98. The zero-order chi connectivity index (χ0) is 15.7. The zero-order valence-corrected chi connectivity index (χ0v) is 14.2. The van der Waals surface area contributed by atoms with Crippen molar-refractivity contribution in [3.63, 3.8) is 0 Å². The Balaban J connectivity index is 1.99. The summed E-state index contributed by atoms with van der Waals surface area (Å²) in [6.07, 6.45) is 0. The Labute approximate surface area is 134 Å². The highest BCUT2D eigenvalue weighted by molar-refractivity contribution is 5.89. The predicted molar refractivity (Wildman–Crippen MR) is 93.3 cm³/mol. The van der Waals surface area contributed by atoms with Crippen LogP contribution < -0.4 is 0 Å². The van der Waals surface area contributed by atoms with Gasteiger partial charge in [0.1, 0.15) is 0 Å². The molecule has 2 heteroatoms. The van der Waals surface area contributed by atoms with Crippen molar-refractivity contribution in [1.82, 2.24) is 4.90 Å². The third kappa shape index (κ3) is 2.90. The molecule has 0 N–H and O–H groups in total. The van der Waals surface area contributed by atoms with Crippen LogP contribution in [0.5, 0.6) is 0 Å². The topological polar surface area (TPSA) is 12.5 Å². The van der Waals surface area contributed by atoms with E-state index in [4.69, 9.17) is 4.74 Å². The highest BCUT2D eigenvalue weighted by atomic mass is 16.5. The molecule has 1 fully saturated rings. The minimum atomic E-state index is 0.107. The van der Waals surface area contributed by atoms with E-state index in [0.717, 1.165) is 26.3 Å². The first-order valence-electron chi connectivity index (χ1n) is 8.32. The van der Waals surface area contributed by atoms with Gasteiger partial charge in [-0.05, 0) is 41.7 Å². The van der Waals surface area contributed by atoms with E-state index in [9.17, 15) is 0 Å². The van der Waals surface area contributed by atoms with E-state index in [1.807, 2.05) is 0 Å². The third-order valence-electron chi connectivity index (χ3n) is 4.85. The van der Waals surface area contributed by atoms with E-state index in [0.29, 0.717) is 5.92 Å². The third-order valence-corrected chi connectivity index (χ3v) is 4.85. The molecule has 118 valence electrons. The first-order chi connectivity index (χ1) is 10.5. The van der Waals surface area contributed by atoms with Gasteiger partial charge in [0.2, 0.25) is 0 Å². The summed E-state index contributed by atoms with van der Waals surface area (Å²) in [7, 11) is 0. The first-order valence-corrected chi connectivity index (χ1v) is 8.32. The number of ether oxygens (including phenoxy) is 1. The Morgan fingerprint density at radius 3 is 2.50 bits per heavy atom. The van der Waals surface area contributed by atoms with Gasteiger partial charge in [0.05, 0.1) is 13.2 Å². The molecule has 1 aliphatic heterocycles. The molecule has 2 aromatic carbocycles. The van der Waals surface area contributed by atoms with E-state index in [1.54, 1.807) is 0 Å².